The lowest BCUT2D eigenvalue weighted by atomic mass is 9.61. The van der Waals surface area contributed by atoms with Gasteiger partial charge < -0.3 is 20.9 Å². The number of hydrogen-bond donors (Lipinski definition) is 2. The van der Waals surface area contributed by atoms with Crippen molar-refractivity contribution >= 4 is 11.4 Å². The molecule has 4 aromatic carbocycles. The molecule has 0 saturated heterocycles. The summed E-state index contributed by atoms with van der Waals surface area (Å²) < 4.78 is 12.9. The van der Waals surface area contributed by atoms with Gasteiger partial charge in [-0.05, 0) is 128 Å². The quantitative estimate of drug-likeness (QED) is 0.0705. The van der Waals surface area contributed by atoms with E-state index >= 15 is 0 Å². The summed E-state index contributed by atoms with van der Waals surface area (Å²) in [7, 11) is 0. The average molecular weight is 717 g/mol. The van der Waals surface area contributed by atoms with E-state index < -0.39 is 0 Å². The van der Waals surface area contributed by atoms with Crippen LogP contribution in [-0.2, 0) is 5.41 Å². The van der Waals surface area contributed by atoms with Gasteiger partial charge in [0.15, 0.2) is 0 Å². The highest BCUT2D eigenvalue weighted by atomic mass is 16.5. The van der Waals surface area contributed by atoms with E-state index in [2.05, 4.69) is 58.9 Å². The standard InChI is InChI=1S/C49H68N2O2/c1-6-7-8-9-10-11-12-13-14-15-16-17-18-20-40-21-19-30-49(35-40,41-31-36(2)47(37(3)32-41)52-45-26-22-43(50)23-27-45)42-33-38(4)48(39(5)34-42)53-46-28-24-44(51)25-29-46/h22-29,31-34,40H,6-21,30,35,50-51H2,1-5H3. The Hall–Kier alpha value is -3.92. The molecular weight excluding hydrogens is 649 g/mol. The lowest BCUT2D eigenvalue weighted by Crippen LogP contribution is -2.35. The molecule has 4 aromatic rings. The van der Waals surface area contributed by atoms with Gasteiger partial charge in [-0.1, -0.05) is 134 Å². The van der Waals surface area contributed by atoms with E-state index in [0.29, 0.717) is 5.92 Å². The fourth-order valence-corrected chi connectivity index (χ4v) is 8.86. The van der Waals surface area contributed by atoms with Crippen molar-refractivity contribution in [3.63, 3.8) is 0 Å². The molecule has 4 nitrogen and oxygen atoms in total. The summed E-state index contributed by atoms with van der Waals surface area (Å²) in [6.07, 6.45) is 24.5. The Morgan fingerprint density at radius 2 is 0.925 bits per heavy atom. The van der Waals surface area contributed by atoms with Gasteiger partial charge in [0.25, 0.3) is 0 Å². The molecule has 0 aliphatic heterocycles. The fourth-order valence-electron chi connectivity index (χ4n) is 8.86. The molecule has 0 radical (unpaired) electrons. The van der Waals surface area contributed by atoms with Crippen molar-refractivity contribution in [2.75, 3.05) is 11.5 Å². The highest BCUT2D eigenvalue weighted by Crippen LogP contribution is 2.51. The summed E-state index contributed by atoms with van der Waals surface area (Å²) in [6.45, 7) is 11.1. The number of nitrogens with two attached hydrogens (primary N) is 2. The third-order valence-electron chi connectivity index (χ3n) is 11.8. The summed E-state index contributed by atoms with van der Waals surface area (Å²) in [5.41, 5.74) is 20.8. The Morgan fingerprint density at radius 3 is 1.32 bits per heavy atom. The van der Waals surface area contributed by atoms with Crippen LogP contribution in [0.2, 0.25) is 0 Å². The number of rotatable bonds is 20. The van der Waals surface area contributed by atoms with Crippen LogP contribution in [0.5, 0.6) is 23.0 Å². The number of aryl methyl sites for hydroxylation is 4. The molecule has 5 rings (SSSR count). The lowest BCUT2D eigenvalue weighted by Gasteiger charge is -2.43. The summed E-state index contributed by atoms with van der Waals surface area (Å²) in [4.78, 5) is 0. The maximum absolute atomic E-state index is 6.47. The molecule has 1 saturated carbocycles. The molecule has 53 heavy (non-hydrogen) atoms. The zero-order chi connectivity index (χ0) is 37.6. The van der Waals surface area contributed by atoms with Crippen LogP contribution in [0.1, 0.15) is 156 Å². The molecular formula is C49H68N2O2. The summed E-state index contributed by atoms with van der Waals surface area (Å²) in [6, 6.07) is 25.0. The first kappa shape index (κ1) is 40.3. The monoisotopic (exact) mass is 717 g/mol. The van der Waals surface area contributed by atoms with Crippen LogP contribution >= 0.6 is 0 Å². The maximum atomic E-state index is 6.47. The van der Waals surface area contributed by atoms with Crippen molar-refractivity contribution in [2.45, 2.75) is 156 Å². The zero-order valence-electron chi connectivity index (χ0n) is 33.7. The molecule has 1 aliphatic rings. The maximum Gasteiger partial charge on any atom is 0.133 e. The summed E-state index contributed by atoms with van der Waals surface area (Å²) in [5, 5.41) is 0. The molecule has 1 fully saturated rings. The Balaban J connectivity index is 1.30. The van der Waals surface area contributed by atoms with Gasteiger partial charge in [-0.2, -0.15) is 0 Å². The van der Waals surface area contributed by atoms with Crippen molar-refractivity contribution in [1.29, 1.82) is 0 Å². The van der Waals surface area contributed by atoms with E-state index in [9.17, 15) is 0 Å². The van der Waals surface area contributed by atoms with Crippen LogP contribution in [0.15, 0.2) is 72.8 Å². The minimum Gasteiger partial charge on any atom is -0.457 e. The van der Waals surface area contributed by atoms with Crippen molar-refractivity contribution in [3.8, 4) is 23.0 Å². The van der Waals surface area contributed by atoms with E-state index in [1.54, 1.807) is 0 Å². The highest BCUT2D eigenvalue weighted by molar-refractivity contribution is 5.55. The van der Waals surface area contributed by atoms with Crippen LogP contribution < -0.4 is 20.9 Å². The van der Waals surface area contributed by atoms with Crippen molar-refractivity contribution in [1.82, 2.24) is 0 Å². The number of hydrogen-bond acceptors (Lipinski definition) is 4. The first-order valence-corrected chi connectivity index (χ1v) is 21.0. The normalized spacial score (nSPS) is 15.4. The molecule has 1 atom stereocenters. The first-order chi connectivity index (χ1) is 25.7. The number of nitrogen functional groups attached to an aromatic ring is 2. The molecule has 0 heterocycles. The molecule has 1 aliphatic carbocycles. The SMILES string of the molecule is CCCCCCCCCCCCCCCC1CCCC(c2cc(C)c(Oc3ccc(N)cc3)c(C)c2)(c2cc(C)c(Oc3ccc(N)cc3)c(C)c2)C1. The topological polar surface area (TPSA) is 70.5 Å². The zero-order valence-corrected chi connectivity index (χ0v) is 33.7. The third kappa shape index (κ3) is 11.3. The van der Waals surface area contributed by atoms with Crippen LogP contribution in [0.3, 0.4) is 0 Å². The van der Waals surface area contributed by atoms with Crippen molar-refractivity contribution in [3.05, 3.63) is 106 Å². The van der Waals surface area contributed by atoms with Gasteiger partial charge >= 0.3 is 0 Å². The van der Waals surface area contributed by atoms with Crippen molar-refractivity contribution in [2.24, 2.45) is 5.92 Å². The van der Waals surface area contributed by atoms with Gasteiger partial charge in [0.2, 0.25) is 0 Å². The van der Waals surface area contributed by atoms with E-state index in [1.165, 1.54) is 143 Å². The predicted octanol–water partition coefficient (Wildman–Crippen LogP) is 14.6. The van der Waals surface area contributed by atoms with Gasteiger partial charge in [0, 0.05) is 16.8 Å². The van der Waals surface area contributed by atoms with Crippen LogP contribution in [-0.4, -0.2) is 0 Å². The lowest BCUT2D eigenvalue weighted by molar-refractivity contribution is 0.240. The van der Waals surface area contributed by atoms with E-state index in [4.69, 9.17) is 20.9 Å². The molecule has 0 amide bonds. The highest BCUT2D eigenvalue weighted by Gasteiger charge is 2.40. The summed E-state index contributed by atoms with van der Waals surface area (Å²) >= 11 is 0. The van der Waals surface area contributed by atoms with E-state index in [-0.39, 0.29) is 5.41 Å². The second-order valence-corrected chi connectivity index (χ2v) is 16.3. The molecule has 0 bridgehead atoms. The van der Waals surface area contributed by atoms with Gasteiger partial charge in [-0.15, -0.1) is 0 Å². The van der Waals surface area contributed by atoms with Crippen LogP contribution in [0.25, 0.3) is 0 Å². The van der Waals surface area contributed by atoms with Crippen molar-refractivity contribution < 1.29 is 9.47 Å². The second-order valence-electron chi connectivity index (χ2n) is 16.3. The summed E-state index contributed by atoms with van der Waals surface area (Å²) in [5.74, 6) is 4.21. The Bertz CT molecular complexity index is 1560. The molecule has 4 heteroatoms. The number of anilines is 2. The Labute approximate surface area is 322 Å². The van der Waals surface area contributed by atoms with Gasteiger partial charge in [-0.3, -0.25) is 0 Å². The minimum atomic E-state index is -0.0655. The average Bonchev–Trinajstić information content (AvgIpc) is 3.14. The van der Waals surface area contributed by atoms with E-state index in [0.717, 1.165) is 40.8 Å². The van der Waals surface area contributed by atoms with Gasteiger partial charge in [-0.25, -0.2) is 0 Å². The number of unbranched alkanes of at least 4 members (excludes halogenated alkanes) is 12. The number of benzene rings is 4. The third-order valence-corrected chi connectivity index (χ3v) is 11.8. The smallest absolute Gasteiger partial charge is 0.133 e. The fraction of sp³-hybridized carbons (Fsp3) is 0.510. The minimum absolute atomic E-state index is 0.0655. The second kappa shape index (κ2) is 20.0. The van der Waals surface area contributed by atoms with E-state index in [1.807, 2.05) is 48.5 Å². The Morgan fingerprint density at radius 1 is 0.547 bits per heavy atom. The number of ether oxygens (including phenoxy) is 2. The molecule has 1 unspecified atom stereocenters. The van der Waals surface area contributed by atoms with Gasteiger partial charge in [0.05, 0.1) is 0 Å². The molecule has 0 spiro atoms. The van der Waals surface area contributed by atoms with Crippen LogP contribution in [0.4, 0.5) is 11.4 Å². The molecule has 0 aromatic heterocycles. The predicted molar refractivity (Wildman–Crippen MR) is 227 cm³/mol. The Kier molecular flexibility index (Phi) is 15.2. The van der Waals surface area contributed by atoms with Gasteiger partial charge in [0.1, 0.15) is 23.0 Å². The first-order valence-electron chi connectivity index (χ1n) is 21.0. The van der Waals surface area contributed by atoms with Crippen LogP contribution in [0, 0.1) is 33.6 Å². The molecule has 286 valence electrons. The molecule has 4 N–H and O–H groups in total. The largest absolute Gasteiger partial charge is 0.457 e.